The number of nitrogens with one attached hydrogen (secondary N) is 1. The molecule has 0 saturated heterocycles. The van der Waals surface area contributed by atoms with Crippen LogP contribution in [0.1, 0.15) is 48.0 Å². The molecule has 0 spiro atoms. The number of carbonyl (C=O) groups is 4. The predicted molar refractivity (Wildman–Crippen MR) is 155 cm³/mol. The Labute approximate surface area is 248 Å². The molecule has 0 aromatic heterocycles. The molecule has 0 aliphatic heterocycles. The van der Waals surface area contributed by atoms with E-state index in [1.807, 2.05) is 43.0 Å². The Morgan fingerprint density at radius 1 is 0.976 bits per heavy atom. The summed E-state index contributed by atoms with van der Waals surface area (Å²) in [5, 5.41) is 2.48. The van der Waals surface area contributed by atoms with Gasteiger partial charge in [-0.25, -0.2) is 23.7 Å². The first kappa shape index (κ1) is 33.5. The van der Waals surface area contributed by atoms with Gasteiger partial charge in [0.05, 0.1) is 0 Å². The van der Waals surface area contributed by atoms with Gasteiger partial charge < -0.3 is 24.4 Å². The number of esters is 1. The second-order valence-electron chi connectivity index (χ2n) is 10.6. The first-order valence-electron chi connectivity index (χ1n) is 13.1. The van der Waals surface area contributed by atoms with Crippen molar-refractivity contribution in [3.05, 3.63) is 58.8 Å². The Morgan fingerprint density at radius 3 is 2.20 bits per heavy atom. The minimum absolute atomic E-state index is 0.0348. The molecule has 2 rings (SSSR count). The van der Waals surface area contributed by atoms with E-state index in [2.05, 4.69) is 21.2 Å². The number of nitrogens with zero attached hydrogens (tertiary/aromatic N) is 2. The van der Waals surface area contributed by atoms with Gasteiger partial charge in [0.1, 0.15) is 17.5 Å². The lowest BCUT2D eigenvalue weighted by Gasteiger charge is -2.28. The lowest BCUT2D eigenvalue weighted by Crippen LogP contribution is -2.45. The van der Waals surface area contributed by atoms with Gasteiger partial charge in [-0.1, -0.05) is 35.8 Å². The Morgan fingerprint density at radius 2 is 1.63 bits per heavy atom. The Kier molecular flexibility index (Phi) is 12.6. The Balaban J connectivity index is 2.04. The van der Waals surface area contributed by atoms with E-state index in [1.165, 1.54) is 19.1 Å². The van der Waals surface area contributed by atoms with Crippen molar-refractivity contribution in [1.82, 2.24) is 10.2 Å². The number of amides is 3. The summed E-state index contributed by atoms with van der Waals surface area (Å²) in [6, 6.07) is 12.1. The number of rotatable bonds is 11. The van der Waals surface area contributed by atoms with Crippen LogP contribution < -0.4 is 10.2 Å². The predicted octanol–water partition coefficient (Wildman–Crippen LogP) is 6.15. The highest BCUT2D eigenvalue weighted by atomic mass is 79.9. The average molecular weight is 639 g/mol. The van der Waals surface area contributed by atoms with Crippen molar-refractivity contribution in [3.63, 3.8) is 0 Å². The van der Waals surface area contributed by atoms with Crippen LogP contribution in [0.2, 0.25) is 0 Å². The molecule has 41 heavy (non-hydrogen) atoms. The zero-order chi connectivity index (χ0) is 30.7. The number of ether oxygens (including phenoxy) is 3. The molecule has 2 aromatic carbocycles. The topological polar surface area (TPSA) is 114 Å². The van der Waals surface area contributed by atoms with Crippen LogP contribution in [0.25, 0.3) is 0 Å². The van der Waals surface area contributed by atoms with Gasteiger partial charge >= 0.3 is 18.2 Å². The van der Waals surface area contributed by atoms with Crippen LogP contribution in [0, 0.1) is 11.7 Å². The number of hydrogen-bond acceptors (Lipinski definition) is 8. The molecular formula is C29H37BrFN3O7. The maximum atomic E-state index is 13.6. The molecule has 10 nitrogen and oxygen atoms in total. The van der Waals surface area contributed by atoms with Crippen molar-refractivity contribution in [3.8, 4) is 0 Å². The van der Waals surface area contributed by atoms with Gasteiger partial charge in [-0.15, -0.1) is 0 Å². The summed E-state index contributed by atoms with van der Waals surface area (Å²) in [6.07, 6.45) is -1.53. The molecule has 0 bridgehead atoms. The smallest absolute Gasteiger partial charge is 0.419 e. The van der Waals surface area contributed by atoms with E-state index < -0.39 is 48.3 Å². The zero-order valence-corrected chi connectivity index (χ0v) is 25.7. The van der Waals surface area contributed by atoms with Crippen molar-refractivity contribution >= 4 is 51.4 Å². The monoisotopic (exact) mass is 637 g/mol. The fourth-order valence-corrected chi connectivity index (χ4v) is 4.09. The summed E-state index contributed by atoms with van der Waals surface area (Å²) >= 11 is 3.43. The molecule has 3 amide bonds. The molecule has 0 aliphatic rings. The van der Waals surface area contributed by atoms with Crippen LogP contribution in [-0.4, -0.2) is 60.5 Å². The summed E-state index contributed by atoms with van der Waals surface area (Å²) in [4.78, 5) is 52.6. The molecule has 0 radical (unpaired) electrons. The third kappa shape index (κ3) is 11.8. The van der Waals surface area contributed by atoms with Crippen molar-refractivity contribution in [2.24, 2.45) is 5.92 Å². The van der Waals surface area contributed by atoms with Crippen molar-refractivity contribution in [2.75, 3.05) is 24.8 Å². The largest absolute Gasteiger partial charge is 0.444 e. The molecular weight excluding hydrogens is 601 g/mol. The molecule has 1 atom stereocenters. The van der Waals surface area contributed by atoms with Crippen molar-refractivity contribution < 1.29 is 37.8 Å². The fourth-order valence-electron chi connectivity index (χ4n) is 3.70. The second kappa shape index (κ2) is 15.4. The van der Waals surface area contributed by atoms with E-state index in [0.717, 1.165) is 15.1 Å². The van der Waals surface area contributed by atoms with E-state index >= 15 is 0 Å². The molecule has 1 unspecified atom stereocenters. The highest BCUT2D eigenvalue weighted by Gasteiger charge is 2.27. The van der Waals surface area contributed by atoms with E-state index in [-0.39, 0.29) is 25.4 Å². The molecule has 2 aromatic rings. The van der Waals surface area contributed by atoms with Gasteiger partial charge in [0.2, 0.25) is 12.7 Å². The number of imide groups is 1. The molecule has 0 saturated carbocycles. The second-order valence-corrected chi connectivity index (χ2v) is 11.5. The molecule has 0 heterocycles. The number of hydrogen-bond donors (Lipinski definition) is 1. The van der Waals surface area contributed by atoms with Crippen LogP contribution in [0.3, 0.4) is 0 Å². The summed E-state index contributed by atoms with van der Waals surface area (Å²) in [5.41, 5.74) is 0.625. The van der Waals surface area contributed by atoms with Crippen LogP contribution in [0.15, 0.2) is 53.0 Å². The van der Waals surface area contributed by atoms with Crippen molar-refractivity contribution in [1.29, 1.82) is 0 Å². The van der Waals surface area contributed by atoms with Gasteiger partial charge in [0, 0.05) is 35.9 Å². The molecule has 224 valence electrons. The molecule has 0 fully saturated rings. The van der Waals surface area contributed by atoms with Gasteiger partial charge in [-0.05, 0) is 75.6 Å². The van der Waals surface area contributed by atoms with E-state index in [1.54, 1.807) is 32.9 Å². The summed E-state index contributed by atoms with van der Waals surface area (Å²) < 4.78 is 29.7. The SMILES string of the molecule is CC(=O)N(CCN(c1ccc(F)cc1)c1cccc(Br)c1)C(=O)OCOC(=O)C(CC(C)C)NC(=O)OC(C)(C)C. The lowest BCUT2D eigenvalue weighted by atomic mass is 10.0. The van der Waals surface area contributed by atoms with E-state index in [0.29, 0.717) is 5.69 Å². The summed E-state index contributed by atoms with van der Waals surface area (Å²) in [7, 11) is 0. The number of halogens is 2. The van der Waals surface area contributed by atoms with Crippen LogP contribution in [0.4, 0.5) is 25.4 Å². The van der Waals surface area contributed by atoms with Crippen LogP contribution >= 0.6 is 15.9 Å². The number of carbonyl (C=O) groups excluding carboxylic acids is 4. The Bertz CT molecular complexity index is 1200. The van der Waals surface area contributed by atoms with Crippen molar-refractivity contribution in [2.45, 2.75) is 59.6 Å². The number of alkyl carbamates (subject to hydrolysis) is 1. The van der Waals surface area contributed by atoms with E-state index in [9.17, 15) is 23.6 Å². The Hall–Kier alpha value is -3.67. The quantitative estimate of drug-likeness (QED) is 0.230. The van der Waals surface area contributed by atoms with Crippen LogP contribution in [0.5, 0.6) is 0 Å². The highest BCUT2D eigenvalue weighted by Crippen LogP contribution is 2.28. The summed E-state index contributed by atoms with van der Waals surface area (Å²) in [6.45, 7) is 9.34. The molecule has 0 aliphatic carbocycles. The van der Waals surface area contributed by atoms with Gasteiger partial charge in [0.15, 0.2) is 0 Å². The highest BCUT2D eigenvalue weighted by molar-refractivity contribution is 9.10. The van der Waals surface area contributed by atoms with Gasteiger partial charge in [0.25, 0.3) is 0 Å². The number of benzene rings is 2. The molecule has 1 N–H and O–H groups in total. The maximum Gasteiger partial charge on any atom is 0.419 e. The third-order valence-corrected chi connectivity index (χ3v) is 5.97. The average Bonchev–Trinajstić information content (AvgIpc) is 2.85. The fraction of sp³-hybridized carbons (Fsp3) is 0.448. The first-order chi connectivity index (χ1) is 19.2. The molecule has 12 heteroatoms. The van der Waals surface area contributed by atoms with E-state index in [4.69, 9.17) is 14.2 Å². The standard InChI is InChI=1S/C29H37BrFN3O7/c1-19(2)16-25(32-27(37)41-29(4,5)6)26(36)39-18-40-28(38)33(20(3)35)14-15-34(23-12-10-22(31)11-13-23)24-9-7-8-21(30)17-24/h7-13,17,19,25H,14-16,18H2,1-6H3,(H,32,37). The third-order valence-electron chi connectivity index (χ3n) is 5.47. The van der Waals surface area contributed by atoms with Crippen LogP contribution in [-0.2, 0) is 23.8 Å². The normalized spacial score (nSPS) is 11.8. The minimum Gasteiger partial charge on any atom is -0.444 e. The number of anilines is 2. The minimum atomic E-state index is -1.03. The first-order valence-corrected chi connectivity index (χ1v) is 13.8. The lowest BCUT2D eigenvalue weighted by molar-refractivity contribution is -0.155. The summed E-state index contributed by atoms with van der Waals surface area (Å²) in [5.74, 6) is -1.77. The maximum absolute atomic E-state index is 13.6. The van der Waals surface area contributed by atoms with Gasteiger partial charge in [-0.2, -0.15) is 0 Å². The van der Waals surface area contributed by atoms with Gasteiger partial charge in [-0.3, -0.25) is 4.79 Å². The zero-order valence-electron chi connectivity index (χ0n) is 24.1.